The van der Waals surface area contributed by atoms with Crippen LogP contribution in [0.4, 0.5) is 4.79 Å². The van der Waals surface area contributed by atoms with Gasteiger partial charge in [-0.3, -0.25) is 19.3 Å². The van der Waals surface area contributed by atoms with Crippen LogP contribution >= 0.6 is 0 Å². The molecule has 0 radical (unpaired) electrons. The maximum atomic E-state index is 12.3. The van der Waals surface area contributed by atoms with E-state index in [1.54, 1.807) is 6.92 Å². The molecule has 0 bridgehead atoms. The monoisotopic (exact) mass is 377 g/mol. The molecule has 1 aromatic carbocycles. The van der Waals surface area contributed by atoms with Crippen molar-refractivity contribution < 1.29 is 33.8 Å². The molecule has 1 fully saturated rings. The molecular weight excluding hydrogens is 358 g/mol. The lowest BCUT2D eigenvalue weighted by molar-refractivity contribution is -0.153. The number of carbonyl (C=O) groups excluding carboxylic acids is 4. The highest BCUT2D eigenvalue weighted by atomic mass is 16.5. The zero-order valence-corrected chi connectivity index (χ0v) is 14.8. The van der Waals surface area contributed by atoms with E-state index in [-0.39, 0.29) is 24.4 Å². The standard InChI is InChI=1S/C17H19N3O7/c1-3-19-8-9-20(15(23)14(19)22)17(26)18-13(16(24)25)11-4-6-12(7-5-11)27-10(2)21/h4-7,13H,3,8-9H2,1-2H3,(H,18,26)(H,24,25). The van der Waals surface area contributed by atoms with E-state index >= 15 is 0 Å². The van der Waals surface area contributed by atoms with E-state index in [0.717, 1.165) is 0 Å². The van der Waals surface area contributed by atoms with Crippen LogP contribution < -0.4 is 10.1 Å². The molecule has 10 nitrogen and oxygen atoms in total. The minimum absolute atomic E-state index is 0.0258. The van der Waals surface area contributed by atoms with E-state index in [1.807, 2.05) is 0 Å². The fraction of sp³-hybridized carbons (Fsp3) is 0.353. The van der Waals surface area contributed by atoms with Gasteiger partial charge in [-0.05, 0) is 24.6 Å². The van der Waals surface area contributed by atoms with Crippen LogP contribution in [0.3, 0.4) is 0 Å². The van der Waals surface area contributed by atoms with E-state index in [2.05, 4.69) is 5.32 Å². The maximum Gasteiger partial charge on any atom is 0.330 e. The van der Waals surface area contributed by atoms with Gasteiger partial charge in [0.2, 0.25) is 0 Å². The van der Waals surface area contributed by atoms with Crippen molar-refractivity contribution in [2.45, 2.75) is 19.9 Å². The molecule has 1 heterocycles. The summed E-state index contributed by atoms with van der Waals surface area (Å²) in [6.45, 7) is 3.43. The predicted octanol–water partition coefficient (Wildman–Crippen LogP) is 0.138. The number of hydrogen-bond donors (Lipinski definition) is 2. The van der Waals surface area contributed by atoms with Gasteiger partial charge >= 0.3 is 29.8 Å². The van der Waals surface area contributed by atoms with Crippen LogP contribution in [0.1, 0.15) is 25.5 Å². The van der Waals surface area contributed by atoms with Crippen LogP contribution in [0.15, 0.2) is 24.3 Å². The molecule has 0 aromatic heterocycles. The van der Waals surface area contributed by atoms with Crippen molar-refractivity contribution in [1.82, 2.24) is 15.1 Å². The molecule has 10 heteroatoms. The van der Waals surface area contributed by atoms with Gasteiger partial charge in [0.15, 0.2) is 6.04 Å². The van der Waals surface area contributed by atoms with Gasteiger partial charge in [-0.15, -0.1) is 0 Å². The number of piperazine rings is 1. The molecule has 1 unspecified atom stereocenters. The molecule has 1 atom stereocenters. The highest BCUT2D eigenvalue weighted by Crippen LogP contribution is 2.19. The fourth-order valence-corrected chi connectivity index (χ4v) is 2.55. The predicted molar refractivity (Wildman–Crippen MR) is 90.6 cm³/mol. The number of aliphatic carboxylic acids is 1. The van der Waals surface area contributed by atoms with Crippen LogP contribution in [-0.4, -0.2) is 64.3 Å². The van der Waals surface area contributed by atoms with Crippen LogP contribution in [0.25, 0.3) is 0 Å². The Morgan fingerprint density at radius 3 is 2.30 bits per heavy atom. The second kappa shape index (κ2) is 8.30. The summed E-state index contributed by atoms with van der Waals surface area (Å²) in [5, 5.41) is 11.6. The number of hydrogen-bond acceptors (Lipinski definition) is 6. The quantitative estimate of drug-likeness (QED) is 0.423. The highest BCUT2D eigenvalue weighted by Gasteiger charge is 2.37. The van der Waals surface area contributed by atoms with Crippen molar-refractivity contribution in [3.8, 4) is 5.75 Å². The molecule has 144 valence electrons. The molecule has 0 spiro atoms. The third-order valence-electron chi connectivity index (χ3n) is 3.93. The van der Waals surface area contributed by atoms with Gasteiger partial charge in [0.25, 0.3) is 0 Å². The van der Waals surface area contributed by atoms with Gasteiger partial charge in [0.1, 0.15) is 5.75 Å². The van der Waals surface area contributed by atoms with E-state index in [0.29, 0.717) is 11.4 Å². The molecule has 4 amide bonds. The van der Waals surface area contributed by atoms with E-state index in [1.165, 1.54) is 36.1 Å². The number of urea groups is 1. The smallest absolute Gasteiger partial charge is 0.330 e. The van der Waals surface area contributed by atoms with E-state index in [4.69, 9.17) is 4.74 Å². The molecule has 0 aliphatic carbocycles. The Hall–Kier alpha value is -3.43. The first-order valence-corrected chi connectivity index (χ1v) is 8.17. The number of likely N-dealkylation sites (N-methyl/N-ethyl adjacent to an activating group) is 1. The lowest BCUT2D eigenvalue weighted by atomic mass is 10.1. The average Bonchev–Trinajstić information content (AvgIpc) is 2.62. The average molecular weight is 377 g/mol. The van der Waals surface area contributed by atoms with Gasteiger partial charge in [-0.2, -0.15) is 0 Å². The third-order valence-corrected chi connectivity index (χ3v) is 3.93. The number of nitrogens with one attached hydrogen (secondary N) is 1. The van der Waals surface area contributed by atoms with E-state index < -0.39 is 35.8 Å². The van der Waals surface area contributed by atoms with Crippen LogP contribution in [0.5, 0.6) is 5.75 Å². The van der Waals surface area contributed by atoms with Crippen LogP contribution in [0, 0.1) is 0 Å². The van der Waals surface area contributed by atoms with Crippen molar-refractivity contribution in [3.05, 3.63) is 29.8 Å². The number of nitrogens with zero attached hydrogens (tertiary/aromatic N) is 2. The summed E-state index contributed by atoms with van der Waals surface area (Å²) in [5.74, 6) is -3.47. The zero-order chi connectivity index (χ0) is 20.1. The number of rotatable bonds is 5. The van der Waals surface area contributed by atoms with E-state index in [9.17, 15) is 29.1 Å². The molecule has 2 N–H and O–H groups in total. The molecule has 2 rings (SSSR count). The third kappa shape index (κ3) is 4.60. The minimum Gasteiger partial charge on any atom is -0.479 e. The summed E-state index contributed by atoms with van der Waals surface area (Å²) in [5.41, 5.74) is 0.206. The Kier molecular flexibility index (Phi) is 6.11. The molecule has 1 aromatic rings. The van der Waals surface area contributed by atoms with Gasteiger partial charge in [0.05, 0.1) is 0 Å². The minimum atomic E-state index is -1.45. The number of carboxylic acids is 1. The molecular formula is C17H19N3O7. The number of amides is 4. The zero-order valence-electron chi connectivity index (χ0n) is 14.8. The Morgan fingerprint density at radius 2 is 1.78 bits per heavy atom. The number of benzene rings is 1. The second-order valence-electron chi connectivity index (χ2n) is 5.73. The second-order valence-corrected chi connectivity index (χ2v) is 5.73. The van der Waals surface area contributed by atoms with Gasteiger partial charge in [0, 0.05) is 26.6 Å². The van der Waals surface area contributed by atoms with Gasteiger partial charge in [-0.1, -0.05) is 12.1 Å². The Bertz CT molecular complexity index is 775. The Balaban J connectivity index is 2.13. The number of imide groups is 1. The summed E-state index contributed by atoms with van der Waals surface area (Å²) < 4.78 is 4.86. The molecule has 1 saturated heterocycles. The van der Waals surface area contributed by atoms with Crippen LogP contribution in [0.2, 0.25) is 0 Å². The molecule has 0 saturated carbocycles. The summed E-state index contributed by atoms with van der Waals surface area (Å²) in [6, 6.07) is 3.09. The SMILES string of the molecule is CCN1CCN(C(=O)NC(C(=O)O)c2ccc(OC(C)=O)cc2)C(=O)C1=O. The number of esters is 1. The molecule has 1 aliphatic heterocycles. The van der Waals surface area contributed by atoms with Crippen molar-refractivity contribution in [3.63, 3.8) is 0 Å². The first-order valence-electron chi connectivity index (χ1n) is 8.17. The Morgan fingerprint density at radius 1 is 1.15 bits per heavy atom. The Labute approximate surface area is 154 Å². The first-order chi connectivity index (χ1) is 12.7. The van der Waals surface area contributed by atoms with Crippen molar-refractivity contribution >= 4 is 29.8 Å². The van der Waals surface area contributed by atoms with Crippen molar-refractivity contribution in [1.29, 1.82) is 0 Å². The summed E-state index contributed by atoms with van der Waals surface area (Å²) >= 11 is 0. The number of ether oxygens (including phenoxy) is 1. The van der Waals surface area contributed by atoms with Gasteiger partial charge in [-0.25, -0.2) is 9.59 Å². The van der Waals surface area contributed by atoms with Crippen LogP contribution in [-0.2, 0) is 19.2 Å². The molecule has 27 heavy (non-hydrogen) atoms. The van der Waals surface area contributed by atoms with Crippen molar-refractivity contribution in [2.24, 2.45) is 0 Å². The largest absolute Gasteiger partial charge is 0.479 e. The summed E-state index contributed by atoms with van der Waals surface area (Å²) in [4.78, 5) is 60.7. The summed E-state index contributed by atoms with van der Waals surface area (Å²) in [6.07, 6.45) is 0. The first kappa shape index (κ1) is 19.9. The number of carboxylic acid groups (broad SMARTS) is 1. The lowest BCUT2D eigenvalue weighted by Gasteiger charge is -2.32. The number of carbonyl (C=O) groups is 5. The fourth-order valence-electron chi connectivity index (χ4n) is 2.55. The van der Waals surface area contributed by atoms with Crippen molar-refractivity contribution in [2.75, 3.05) is 19.6 Å². The maximum absolute atomic E-state index is 12.3. The summed E-state index contributed by atoms with van der Waals surface area (Å²) in [7, 11) is 0. The lowest BCUT2D eigenvalue weighted by Crippen LogP contribution is -2.58. The highest BCUT2D eigenvalue weighted by molar-refractivity contribution is 6.38. The topological polar surface area (TPSA) is 133 Å². The normalized spacial score (nSPS) is 15.3. The molecule has 1 aliphatic rings. The van der Waals surface area contributed by atoms with Gasteiger partial charge < -0.3 is 20.1 Å².